The molecule has 0 aliphatic rings. The first-order valence-electron chi connectivity index (χ1n) is 5.83. The summed E-state index contributed by atoms with van der Waals surface area (Å²) >= 11 is 7.56. The Morgan fingerprint density at radius 2 is 2.17 bits per heavy atom. The number of aliphatic hydroxyl groups is 1. The Morgan fingerprint density at radius 1 is 1.28 bits per heavy atom. The number of hydrogen-bond acceptors (Lipinski definition) is 3. The lowest BCUT2D eigenvalue weighted by molar-refractivity contribution is 0.100. The minimum atomic E-state index is -0.453. The number of ether oxygens (including phenoxy) is 1. The summed E-state index contributed by atoms with van der Waals surface area (Å²) in [5.74, 6) is 0.692. The minimum absolute atomic E-state index is 0.297. The first-order chi connectivity index (χ1) is 8.74. The molecule has 1 aromatic heterocycles. The molecule has 0 bridgehead atoms. The molecule has 96 valence electrons. The van der Waals surface area contributed by atoms with Crippen LogP contribution in [0.15, 0.2) is 41.8 Å². The summed E-state index contributed by atoms with van der Waals surface area (Å²) in [6.07, 6.45) is 1.14. The maximum atomic E-state index is 9.83. The highest BCUT2D eigenvalue weighted by Gasteiger charge is 2.06. The van der Waals surface area contributed by atoms with Gasteiger partial charge in [-0.2, -0.15) is 0 Å². The summed E-state index contributed by atoms with van der Waals surface area (Å²) in [6, 6.07) is 11.3. The van der Waals surface area contributed by atoms with Crippen LogP contribution < -0.4 is 4.74 Å². The monoisotopic (exact) mass is 282 g/mol. The molecule has 0 aliphatic carbocycles. The van der Waals surface area contributed by atoms with Gasteiger partial charge in [0.1, 0.15) is 12.4 Å². The highest BCUT2D eigenvalue weighted by atomic mass is 35.5. The Bertz CT molecular complexity index is 470. The lowest BCUT2D eigenvalue weighted by Crippen LogP contribution is -2.18. The highest BCUT2D eigenvalue weighted by Crippen LogP contribution is 2.18. The zero-order chi connectivity index (χ0) is 12.8. The maximum absolute atomic E-state index is 9.83. The van der Waals surface area contributed by atoms with Crippen LogP contribution in [0.1, 0.15) is 11.3 Å². The Kier molecular flexibility index (Phi) is 5.05. The molecular formula is C14H15ClO2S. The van der Waals surface area contributed by atoms with E-state index in [4.69, 9.17) is 16.3 Å². The van der Waals surface area contributed by atoms with Gasteiger partial charge in [0.2, 0.25) is 0 Å². The summed E-state index contributed by atoms with van der Waals surface area (Å²) in [7, 11) is 0. The SMILES string of the molecule is OC(CCc1cccs1)COc1cccc(Cl)c1. The molecule has 1 unspecified atom stereocenters. The molecule has 0 spiro atoms. The molecule has 0 aliphatic heterocycles. The zero-order valence-electron chi connectivity index (χ0n) is 9.88. The standard InChI is InChI=1S/C14H15ClO2S/c15-11-3-1-4-13(9-11)17-10-12(16)6-7-14-5-2-8-18-14/h1-5,8-9,12,16H,6-7,10H2. The number of rotatable bonds is 6. The van der Waals surface area contributed by atoms with Gasteiger partial charge in [-0.15, -0.1) is 11.3 Å². The predicted molar refractivity (Wildman–Crippen MR) is 75.6 cm³/mol. The Balaban J connectivity index is 1.73. The molecule has 2 nitrogen and oxygen atoms in total. The van der Waals surface area contributed by atoms with Gasteiger partial charge in [0.15, 0.2) is 0 Å². The van der Waals surface area contributed by atoms with Crippen LogP contribution in [-0.4, -0.2) is 17.8 Å². The largest absolute Gasteiger partial charge is 0.491 e. The fourth-order valence-corrected chi connectivity index (χ4v) is 2.50. The van der Waals surface area contributed by atoms with Crippen molar-refractivity contribution in [1.29, 1.82) is 0 Å². The third-order valence-electron chi connectivity index (χ3n) is 2.54. The first kappa shape index (κ1) is 13.4. The van der Waals surface area contributed by atoms with Gasteiger partial charge in [-0.05, 0) is 42.5 Å². The van der Waals surface area contributed by atoms with Gasteiger partial charge in [-0.3, -0.25) is 0 Å². The molecule has 1 aromatic carbocycles. The molecule has 18 heavy (non-hydrogen) atoms. The van der Waals surface area contributed by atoms with Crippen molar-refractivity contribution in [3.05, 3.63) is 51.7 Å². The topological polar surface area (TPSA) is 29.5 Å². The second kappa shape index (κ2) is 6.78. The van der Waals surface area contributed by atoms with Gasteiger partial charge >= 0.3 is 0 Å². The molecule has 0 radical (unpaired) electrons. The van der Waals surface area contributed by atoms with E-state index in [1.165, 1.54) is 4.88 Å². The normalized spacial score (nSPS) is 12.3. The number of aliphatic hydroxyl groups excluding tert-OH is 1. The number of thiophene rings is 1. The van der Waals surface area contributed by atoms with Crippen LogP contribution in [0.5, 0.6) is 5.75 Å². The Morgan fingerprint density at radius 3 is 2.89 bits per heavy atom. The summed E-state index contributed by atoms with van der Waals surface area (Å²) in [5.41, 5.74) is 0. The quantitative estimate of drug-likeness (QED) is 0.874. The lowest BCUT2D eigenvalue weighted by Gasteiger charge is -2.12. The second-order valence-corrected chi connectivity index (χ2v) is 5.51. The molecule has 0 saturated carbocycles. The van der Waals surface area contributed by atoms with E-state index in [0.717, 1.165) is 6.42 Å². The van der Waals surface area contributed by atoms with E-state index in [1.54, 1.807) is 23.5 Å². The molecule has 1 heterocycles. The molecule has 1 atom stereocenters. The predicted octanol–water partition coefficient (Wildman–Crippen LogP) is 3.77. The van der Waals surface area contributed by atoms with Crippen LogP contribution in [0, 0.1) is 0 Å². The van der Waals surface area contributed by atoms with Crippen LogP contribution in [0.25, 0.3) is 0 Å². The van der Waals surface area contributed by atoms with E-state index in [9.17, 15) is 5.11 Å². The molecular weight excluding hydrogens is 268 g/mol. The van der Waals surface area contributed by atoms with Crippen molar-refractivity contribution in [2.45, 2.75) is 18.9 Å². The van der Waals surface area contributed by atoms with Gasteiger partial charge in [-0.1, -0.05) is 23.7 Å². The van der Waals surface area contributed by atoms with Crippen LogP contribution >= 0.6 is 22.9 Å². The third-order valence-corrected chi connectivity index (χ3v) is 3.71. The number of benzene rings is 1. The molecule has 2 rings (SSSR count). The van der Waals surface area contributed by atoms with Gasteiger partial charge in [0.05, 0.1) is 6.10 Å². The van der Waals surface area contributed by atoms with E-state index < -0.39 is 6.10 Å². The second-order valence-electron chi connectivity index (χ2n) is 4.04. The van der Waals surface area contributed by atoms with Crippen molar-refractivity contribution in [2.24, 2.45) is 0 Å². The van der Waals surface area contributed by atoms with E-state index in [2.05, 4.69) is 6.07 Å². The van der Waals surface area contributed by atoms with Gasteiger partial charge in [0, 0.05) is 9.90 Å². The van der Waals surface area contributed by atoms with Gasteiger partial charge in [0.25, 0.3) is 0 Å². The lowest BCUT2D eigenvalue weighted by atomic mass is 10.2. The molecule has 4 heteroatoms. The third kappa shape index (κ3) is 4.33. The highest BCUT2D eigenvalue weighted by molar-refractivity contribution is 7.09. The van der Waals surface area contributed by atoms with Crippen molar-refractivity contribution in [1.82, 2.24) is 0 Å². The average molecular weight is 283 g/mol. The van der Waals surface area contributed by atoms with Crippen molar-refractivity contribution in [3.63, 3.8) is 0 Å². The van der Waals surface area contributed by atoms with Crippen molar-refractivity contribution in [2.75, 3.05) is 6.61 Å². The maximum Gasteiger partial charge on any atom is 0.120 e. The fraction of sp³-hybridized carbons (Fsp3) is 0.286. The summed E-state index contributed by atoms with van der Waals surface area (Å²) in [5, 5.41) is 12.5. The number of hydrogen-bond donors (Lipinski definition) is 1. The van der Waals surface area contributed by atoms with Crippen LogP contribution in [0.4, 0.5) is 0 Å². The Hall–Kier alpha value is -1.03. The van der Waals surface area contributed by atoms with E-state index in [0.29, 0.717) is 23.8 Å². The zero-order valence-corrected chi connectivity index (χ0v) is 11.5. The van der Waals surface area contributed by atoms with E-state index in [1.807, 2.05) is 23.6 Å². The van der Waals surface area contributed by atoms with E-state index >= 15 is 0 Å². The molecule has 0 amide bonds. The summed E-state index contributed by atoms with van der Waals surface area (Å²) < 4.78 is 5.49. The molecule has 0 fully saturated rings. The molecule has 2 aromatic rings. The fourth-order valence-electron chi connectivity index (χ4n) is 1.60. The number of halogens is 1. The van der Waals surface area contributed by atoms with Gasteiger partial charge < -0.3 is 9.84 Å². The van der Waals surface area contributed by atoms with Crippen LogP contribution in [0.2, 0.25) is 5.02 Å². The Labute approximate surface area is 116 Å². The summed E-state index contributed by atoms with van der Waals surface area (Å²) in [6.45, 7) is 0.297. The van der Waals surface area contributed by atoms with E-state index in [-0.39, 0.29) is 0 Å². The van der Waals surface area contributed by atoms with Crippen LogP contribution in [0.3, 0.4) is 0 Å². The smallest absolute Gasteiger partial charge is 0.120 e. The van der Waals surface area contributed by atoms with Crippen molar-refractivity contribution in [3.8, 4) is 5.75 Å². The molecule has 0 saturated heterocycles. The minimum Gasteiger partial charge on any atom is -0.491 e. The number of aryl methyl sites for hydroxylation is 1. The van der Waals surface area contributed by atoms with Crippen molar-refractivity contribution < 1.29 is 9.84 Å². The van der Waals surface area contributed by atoms with Crippen molar-refractivity contribution >= 4 is 22.9 Å². The molecule has 1 N–H and O–H groups in total. The average Bonchev–Trinajstić information content (AvgIpc) is 2.87. The first-order valence-corrected chi connectivity index (χ1v) is 7.08. The van der Waals surface area contributed by atoms with Crippen LogP contribution in [-0.2, 0) is 6.42 Å². The summed E-state index contributed by atoms with van der Waals surface area (Å²) in [4.78, 5) is 1.29. The van der Waals surface area contributed by atoms with Gasteiger partial charge in [-0.25, -0.2) is 0 Å².